The van der Waals surface area contributed by atoms with Crippen LogP contribution in [0.15, 0.2) is 30.3 Å². The molecule has 23 heavy (non-hydrogen) atoms. The van der Waals surface area contributed by atoms with Gasteiger partial charge in [-0.25, -0.2) is 9.59 Å². The first kappa shape index (κ1) is 15.8. The number of nitrogens with zero attached hydrogens (tertiary/aromatic N) is 1. The van der Waals surface area contributed by atoms with Crippen LogP contribution in [0.1, 0.15) is 39.2 Å². The largest absolute Gasteiger partial charge is 0.459 e. The highest BCUT2D eigenvalue weighted by molar-refractivity contribution is 5.83. The van der Waals surface area contributed by atoms with Crippen molar-refractivity contribution in [3.05, 3.63) is 35.9 Å². The summed E-state index contributed by atoms with van der Waals surface area (Å²) < 4.78 is 10.8. The second kappa shape index (κ2) is 5.87. The van der Waals surface area contributed by atoms with Crippen LogP contribution in [-0.2, 0) is 20.9 Å². The van der Waals surface area contributed by atoms with Crippen LogP contribution in [0.2, 0.25) is 0 Å². The van der Waals surface area contributed by atoms with Gasteiger partial charge in [-0.3, -0.25) is 4.90 Å². The lowest BCUT2D eigenvalue weighted by Crippen LogP contribution is -2.46. The minimum absolute atomic E-state index is 0.138. The summed E-state index contributed by atoms with van der Waals surface area (Å²) in [6, 6.07) is 9.16. The summed E-state index contributed by atoms with van der Waals surface area (Å²) in [6.45, 7) is 5.71. The Bertz CT molecular complexity index is 593. The lowest BCUT2D eigenvalue weighted by atomic mass is 10.1. The van der Waals surface area contributed by atoms with Crippen molar-refractivity contribution in [2.45, 2.75) is 57.9 Å². The number of carbonyl (C=O) groups is 2. The minimum atomic E-state index is -0.567. The van der Waals surface area contributed by atoms with E-state index < -0.39 is 17.7 Å². The smallest absolute Gasteiger partial charge is 0.411 e. The highest BCUT2D eigenvalue weighted by atomic mass is 16.6. The van der Waals surface area contributed by atoms with Crippen LogP contribution in [-0.4, -0.2) is 34.6 Å². The molecule has 2 aliphatic rings. The first-order chi connectivity index (χ1) is 10.8. The molecule has 5 heteroatoms. The van der Waals surface area contributed by atoms with Gasteiger partial charge in [0.15, 0.2) is 0 Å². The Kier molecular flexibility index (Phi) is 4.04. The van der Waals surface area contributed by atoms with E-state index in [0.29, 0.717) is 12.3 Å². The molecule has 0 bridgehead atoms. The van der Waals surface area contributed by atoms with Crippen LogP contribution in [0.5, 0.6) is 0 Å². The van der Waals surface area contributed by atoms with Crippen molar-refractivity contribution in [2.24, 2.45) is 5.92 Å². The van der Waals surface area contributed by atoms with Gasteiger partial charge in [0.05, 0.1) is 0 Å². The lowest BCUT2D eigenvalue weighted by Gasteiger charge is -2.29. The molecule has 1 aromatic carbocycles. The fourth-order valence-electron chi connectivity index (χ4n) is 3.07. The molecule has 2 fully saturated rings. The number of benzene rings is 1. The summed E-state index contributed by atoms with van der Waals surface area (Å²) >= 11 is 0. The Hall–Kier alpha value is -2.04. The van der Waals surface area contributed by atoms with Crippen LogP contribution < -0.4 is 0 Å². The molecule has 3 rings (SSSR count). The van der Waals surface area contributed by atoms with E-state index in [2.05, 4.69) is 0 Å². The van der Waals surface area contributed by atoms with Gasteiger partial charge in [-0.05, 0) is 45.1 Å². The fourth-order valence-corrected chi connectivity index (χ4v) is 3.07. The molecule has 0 N–H and O–H groups in total. The molecule has 1 aromatic rings. The number of carbonyl (C=O) groups excluding carboxylic acids is 2. The number of piperidine rings is 1. The third-order valence-electron chi connectivity index (χ3n) is 4.20. The van der Waals surface area contributed by atoms with Gasteiger partial charge >= 0.3 is 12.1 Å². The minimum Gasteiger partial charge on any atom is -0.459 e. The predicted molar refractivity (Wildman–Crippen MR) is 84.6 cm³/mol. The zero-order chi connectivity index (χ0) is 16.6. The molecule has 1 amide bonds. The summed E-state index contributed by atoms with van der Waals surface area (Å²) in [7, 11) is 0. The number of fused-ring (bicyclic) bond motifs is 1. The molecule has 0 radical (unpaired) electrons. The molecule has 1 heterocycles. The first-order valence-corrected chi connectivity index (χ1v) is 8.07. The first-order valence-electron chi connectivity index (χ1n) is 8.07. The lowest BCUT2D eigenvalue weighted by molar-refractivity contribution is -0.150. The van der Waals surface area contributed by atoms with E-state index in [0.717, 1.165) is 12.0 Å². The van der Waals surface area contributed by atoms with E-state index >= 15 is 0 Å². The number of rotatable bonds is 3. The maximum absolute atomic E-state index is 12.4. The number of likely N-dealkylation sites (tertiary alicyclic amines) is 1. The Morgan fingerprint density at radius 2 is 1.87 bits per heavy atom. The van der Waals surface area contributed by atoms with Crippen molar-refractivity contribution < 1.29 is 19.1 Å². The fraction of sp³-hybridized carbons (Fsp3) is 0.556. The highest BCUT2D eigenvalue weighted by Gasteiger charge is 2.57. The predicted octanol–water partition coefficient (Wildman–Crippen LogP) is 3.13. The van der Waals surface area contributed by atoms with Crippen LogP contribution in [0.25, 0.3) is 0 Å². The van der Waals surface area contributed by atoms with E-state index in [-0.39, 0.29) is 18.6 Å². The average Bonchev–Trinajstić information content (AvgIpc) is 3.14. The average molecular weight is 317 g/mol. The van der Waals surface area contributed by atoms with Gasteiger partial charge in [-0.2, -0.15) is 0 Å². The third-order valence-corrected chi connectivity index (χ3v) is 4.20. The van der Waals surface area contributed by atoms with Gasteiger partial charge in [0.25, 0.3) is 0 Å². The van der Waals surface area contributed by atoms with Crippen molar-refractivity contribution in [1.82, 2.24) is 4.90 Å². The molecule has 1 saturated carbocycles. The van der Waals surface area contributed by atoms with Gasteiger partial charge in [-0.15, -0.1) is 0 Å². The SMILES string of the molecule is CC(C)(C)OC(=O)N1C(C(=O)OCc2ccccc2)C[C@H]2C[C@H]21. The summed E-state index contributed by atoms with van der Waals surface area (Å²) in [5.74, 6) is 0.0729. The van der Waals surface area contributed by atoms with Crippen molar-refractivity contribution in [3.8, 4) is 0 Å². The van der Waals surface area contributed by atoms with Gasteiger partial charge in [0.2, 0.25) is 0 Å². The monoisotopic (exact) mass is 317 g/mol. The van der Waals surface area contributed by atoms with Gasteiger partial charge in [0, 0.05) is 6.04 Å². The Morgan fingerprint density at radius 3 is 2.52 bits per heavy atom. The molecular formula is C18H23NO4. The molecule has 0 spiro atoms. The zero-order valence-corrected chi connectivity index (χ0v) is 13.8. The molecule has 1 saturated heterocycles. The van der Waals surface area contributed by atoms with Crippen molar-refractivity contribution in [2.75, 3.05) is 0 Å². The second-order valence-electron chi connectivity index (χ2n) is 7.30. The van der Waals surface area contributed by atoms with E-state index in [4.69, 9.17) is 9.47 Å². The maximum atomic E-state index is 12.4. The van der Waals surface area contributed by atoms with Crippen LogP contribution in [0.3, 0.4) is 0 Å². The maximum Gasteiger partial charge on any atom is 0.411 e. The standard InChI is InChI=1S/C18H23NO4/c1-18(2,3)23-17(21)19-14-9-13(14)10-15(19)16(20)22-11-12-7-5-4-6-8-12/h4-8,13-15H,9-11H2,1-3H3/t13-,14-,15?/m1/s1. The summed E-state index contributed by atoms with van der Waals surface area (Å²) in [4.78, 5) is 26.4. The van der Waals surface area contributed by atoms with E-state index in [1.807, 2.05) is 51.1 Å². The van der Waals surface area contributed by atoms with E-state index in [1.165, 1.54) is 0 Å². The highest BCUT2D eigenvalue weighted by Crippen LogP contribution is 2.48. The zero-order valence-electron chi connectivity index (χ0n) is 13.8. The molecule has 1 unspecified atom stereocenters. The second-order valence-corrected chi connectivity index (χ2v) is 7.30. The van der Waals surface area contributed by atoms with Crippen LogP contribution in [0, 0.1) is 5.92 Å². The quantitative estimate of drug-likeness (QED) is 0.804. The Morgan fingerprint density at radius 1 is 1.17 bits per heavy atom. The van der Waals surface area contributed by atoms with Crippen molar-refractivity contribution in [3.63, 3.8) is 0 Å². The third kappa shape index (κ3) is 3.66. The van der Waals surface area contributed by atoms with Crippen LogP contribution >= 0.6 is 0 Å². The normalized spacial score (nSPS) is 25.7. The molecule has 0 aromatic heterocycles. The summed E-state index contributed by atoms with van der Waals surface area (Å²) in [5.41, 5.74) is 0.371. The Balaban J connectivity index is 1.62. The molecule has 3 atom stereocenters. The number of ether oxygens (including phenoxy) is 2. The van der Waals surface area contributed by atoms with Crippen molar-refractivity contribution >= 4 is 12.1 Å². The van der Waals surface area contributed by atoms with E-state index in [1.54, 1.807) is 4.90 Å². The molecule has 124 valence electrons. The summed E-state index contributed by atoms with van der Waals surface area (Å²) in [5, 5.41) is 0. The van der Waals surface area contributed by atoms with Crippen LogP contribution in [0.4, 0.5) is 4.79 Å². The number of hydrogen-bond acceptors (Lipinski definition) is 4. The molecular weight excluding hydrogens is 294 g/mol. The number of amides is 1. The van der Waals surface area contributed by atoms with Crippen molar-refractivity contribution in [1.29, 1.82) is 0 Å². The van der Waals surface area contributed by atoms with Gasteiger partial charge in [-0.1, -0.05) is 30.3 Å². The molecule has 1 aliphatic carbocycles. The topological polar surface area (TPSA) is 55.8 Å². The Labute approximate surface area is 136 Å². The molecule has 5 nitrogen and oxygen atoms in total. The number of hydrogen-bond donors (Lipinski definition) is 0. The van der Waals surface area contributed by atoms with Gasteiger partial charge < -0.3 is 9.47 Å². The summed E-state index contributed by atoms with van der Waals surface area (Å²) in [6.07, 6.45) is 1.23. The molecule has 1 aliphatic heterocycles. The van der Waals surface area contributed by atoms with Gasteiger partial charge in [0.1, 0.15) is 18.2 Å². The van der Waals surface area contributed by atoms with E-state index in [9.17, 15) is 9.59 Å². The number of esters is 1.